The molecule has 3 aromatic rings. The summed E-state index contributed by atoms with van der Waals surface area (Å²) in [5.74, 6) is 0.0755. The molecule has 0 bridgehead atoms. The second-order valence-corrected chi connectivity index (χ2v) is 8.38. The standard InChI is InChI=1S/C25H30N4O2/c1-2-4-23(30)27-20-8-6-18(7-9-20)17-24(31)28-21-10-12-22(13-11-21)29-16-14-19-5-3-15-26-25(19)29/h3,5-9,14-16,21-22H,2,4,10-13,17H2,1H3,(H,27,30)(H,28,31). The third kappa shape index (κ3) is 5.32. The molecule has 2 amide bonds. The van der Waals surface area contributed by atoms with Crippen molar-refractivity contribution in [3.8, 4) is 0 Å². The van der Waals surface area contributed by atoms with Crippen LogP contribution in [0.4, 0.5) is 5.69 Å². The van der Waals surface area contributed by atoms with Crippen LogP contribution in [0.5, 0.6) is 0 Å². The number of anilines is 1. The normalized spacial score (nSPS) is 18.6. The van der Waals surface area contributed by atoms with Crippen molar-refractivity contribution in [1.29, 1.82) is 0 Å². The summed E-state index contributed by atoms with van der Waals surface area (Å²) in [6, 6.07) is 14.4. The van der Waals surface area contributed by atoms with Gasteiger partial charge in [-0.15, -0.1) is 0 Å². The van der Waals surface area contributed by atoms with E-state index in [0.717, 1.165) is 49.0 Å². The number of carbonyl (C=O) groups is 2. The van der Waals surface area contributed by atoms with Gasteiger partial charge in [-0.2, -0.15) is 0 Å². The number of hydrogen-bond acceptors (Lipinski definition) is 3. The maximum absolute atomic E-state index is 12.5. The highest BCUT2D eigenvalue weighted by Crippen LogP contribution is 2.31. The first-order chi connectivity index (χ1) is 15.1. The van der Waals surface area contributed by atoms with Gasteiger partial charge in [-0.3, -0.25) is 9.59 Å². The van der Waals surface area contributed by atoms with Crippen LogP contribution in [0, 0.1) is 0 Å². The van der Waals surface area contributed by atoms with Gasteiger partial charge in [-0.1, -0.05) is 19.1 Å². The zero-order valence-electron chi connectivity index (χ0n) is 18.0. The molecule has 0 spiro atoms. The second-order valence-electron chi connectivity index (χ2n) is 8.38. The maximum atomic E-state index is 12.5. The van der Waals surface area contributed by atoms with Gasteiger partial charge in [0.05, 0.1) is 6.42 Å². The molecular formula is C25H30N4O2. The molecule has 6 heteroatoms. The fourth-order valence-electron chi connectivity index (χ4n) is 4.40. The number of carbonyl (C=O) groups excluding carboxylic acids is 2. The van der Waals surface area contributed by atoms with Crippen LogP contribution in [0.25, 0.3) is 11.0 Å². The lowest BCUT2D eigenvalue weighted by Crippen LogP contribution is -2.38. The number of nitrogens with zero attached hydrogens (tertiary/aromatic N) is 2. The predicted molar refractivity (Wildman–Crippen MR) is 123 cm³/mol. The molecule has 0 radical (unpaired) electrons. The Labute approximate surface area is 183 Å². The molecule has 162 valence electrons. The summed E-state index contributed by atoms with van der Waals surface area (Å²) in [5.41, 5.74) is 2.77. The van der Waals surface area contributed by atoms with Crippen molar-refractivity contribution in [2.45, 2.75) is 64.0 Å². The topological polar surface area (TPSA) is 76.0 Å². The van der Waals surface area contributed by atoms with E-state index in [1.807, 2.05) is 43.5 Å². The minimum Gasteiger partial charge on any atom is -0.353 e. The van der Waals surface area contributed by atoms with Crippen molar-refractivity contribution in [2.24, 2.45) is 0 Å². The van der Waals surface area contributed by atoms with E-state index < -0.39 is 0 Å². The molecule has 1 saturated carbocycles. The first-order valence-corrected chi connectivity index (χ1v) is 11.2. The molecule has 2 N–H and O–H groups in total. The van der Waals surface area contributed by atoms with Crippen molar-refractivity contribution in [1.82, 2.24) is 14.9 Å². The molecule has 1 aliphatic rings. The van der Waals surface area contributed by atoms with E-state index in [0.29, 0.717) is 18.9 Å². The van der Waals surface area contributed by atoms with Gasteiger partial charge >= 0.3 is 0 Å². The summed E-state index contributed by atoms with van der Waals surface area (Å²) in [4.78, 5) is 28.7. The zero-order chi connectivity index (χ0) is 21.6. The highest BCUT2D eigenvalue weighted by Gasteiger charge is 2.24. The van der Waals surface area contributed by atoms with Crippen molar-refractivity contribution < 1.29 is 9.59 Å². The SMILES string of the molecule is CCCC(=O)Nc1ccc(CC(=O)NC2CCC(n3ccc4cccnc43)CC2)cc1. The van der Waals surface area contributed by atoms with E-state index in [9.17, 15) is 9.59 Å². The zero-order valence-corrected chi connectivity index (χ0v) is 18.0. The number of pyridine rings is 1. The van der Waals surface area contributed by atoms with Crippen LogP contribution in [0.2, 0.25) is 0 Å². The molecule has 0 aliphatic heterocycles. The van der Waals surface area contributed by atoms with Crippen LogP contribution in [-0.2, 0) is 16.0 Å². The number of amides is 2. The van der Waals surface area contributed by atoms with Crippen molar-refractivity contribution in [3.63, 3.8) is 0 Å². The lowest BCUT2D eigenvalue weighted by atomic mass is 9.91. The van der Waals surface area contributed by atoms with Gasteiger partial charge in [0.1, 0.15) is 5.65 Å². The molecule has 0 saturated heterocycles. The maximum Gasteiger partial charge on any atom is 0.224 e. The molecule has 0 unspecified atom stereocenters. The predicted octanol–water partition coefficient (Wildman–Crippen LogP) is 4.62. The van der Waals surface area contributed by atoms with Gasteiger partial charge in [0, 0.05) is 42.0 Å². The molecular weight excluding hydrogens is 388 g/mol. The van der Waals surface area contributed by atoms with Crippen molar-refractivity contribution >= 4 is 28.5 Å². The minimum atomic E-state index is 0.0206. The molecule has 1 aliphatic carbocycles. The van der Waals surface area contributed by atoms with Crippen LogP contribution in [0.1, 0.15) is 57.1 Å². The monoisotopic (exact) mass is 418 g/mol. The Morgan fingerprint density at radius 2 is 1.81 bits per heavy atom. The molecule has 0 atom stereocenters. The summed E-state index contributed by atoms with van der Waals surface area (Å²) in [5, 5.41) is 7.25. The Balaban J connectivity index is 1.25. The average Bonchev–Trinajstić information content (AvgIpc) is 3.20. The van der Waals surface area contributed by atoms with E-state index >= 15 is 0 Å². The molecule has 1 aromatic carbocycles. The third-order valence-corrected chi connectivity index (χ3v) is 6.01. The van der Waals surface area contributed by atoms with E-state index in [1.165, 1.54) is 5.39 Å². The molecule has 2 aromatic heterocycles. The highest BCUT2D eigenvalue weighted by molar-refractivity contribution is 5.90. The average molecular weight is 419 g/mol. The number of benzene rings is 1. The highest BCUT2D eigenvalue weighted by atomic mass is 16.2. The summed E-state index contributed by atoms with van der Waals surface area (Å²) in [7, 11) is 0. The number of nitrogens with one attached hydrogen (secondary N) is 2. The fraction of sp³-hybridized carbons (Fsp3) is 0.400. The Kier molecular flexibility index (Phi) is 6.65. The Morgan fingerprint density at radius 1 is 1.03 bits per heavy atom. The smallest absolute Gasteiger partial charge is 0.224 e. The number of hydrogen-bond donors (Lipinski definition) is 2. The lowest BCUT2D eigenvalue weighted by Gasteiger charge is -2.30. The van der Waals surface area contributed by atoms with E-state index in [4.69, 9.17) is 0 Å². The summed E-state index contributed by atoms with van der Waals surface area (Å²) in [6.45, 7) is 1.98. The number of aromatic nitrogens is 2. The first kappa shape index (κ1) is 21.1. The van der Waals surface area contributed by atoms with Gasteiger partial charge in [0.15, 0.2) is 0 Å². The van der Waals surface area contributed by atoms with Crippen LogP contribution in [0.15, 0.2) is 54.9 Å². The van der Waals surface area contributed by atoms with Gasteiger partial charge in [0.2, 0.25) is 11.8 Å². The quantitative estimate of drug-likeness (QED) is 0.588. The molecule has 2 heterocycles. The van der Waals surface area contributed by atoms with Gasteiger partial charge in [-0.05, 0) is 68.0 Å². The van der Waals surface area contributed by atoms with Crippen LogP contribution in [0.3, 0.4) is 0 Å². The van der Waals surface area contributed by atoms with Gasteiger partial charge in [0.25, 0.3) is 0 Å². The van der Waals surface area contributed by atoms with Crippen molar-refractivity contribution in [2.75, 3.05) is 5.32 Å². The molecule has 31 heavy (non-hydrogen) atoms. The Morgan fingerprint density at radius 3 is 2.55 bits per heavy atom. The number of rotatable bonds is 7. The third-order valence-electron chi connectivity index (χ3n) is 6.01. The van der Waals surface area contributed by atoms with Crippen LogP contribution < -0.4 is 10.6 Å². The van der Waals surface area contributed by atoms with E-state index in [-0.39, 0.29) is 17.9 Å². The Bertz CT molecular complexity index is 1030. The lowest BCUT2D eigenvalue weighted by molar-refractivity contribution is -0.121. The van der Waals surface area contributed by atoms with Crippen LogP contribution in [-0.4, -0.2) is 27.4 Å². The van der Waals surface area contributed by atoms with Gasteiger partial charge < -0.3 is 15.2 Å². The first-order valence-electron chi connectivity index (χ1n) is 11.2. The van der Waals surface area contributed by atoms with Gasteiger partial charge in [-0.25, -0.2) is 4.98 Å². The summed E-state index contributed by atoms with van der Waals surface area (Å²) >= 11 is 0. The molecule has 4 rings (SSSR count). The fourth-order valence-corrected chi connectivity index (χ4v) is 4.40. The largest absolute Gasteiger partial charge is 0.353 e. The van der Waals surface area contributed by atoms with E-state index in [2.05, 4.69) is 38.5 Å². The number of fused-ring (bicyclic) bond motifs is 1. The second kappa shape index (κ2) is 9.77. The minimum absolute atomic E-state index is 0.0206. The summed E-state index contributed by atoms with van der Waals surface area (Å²) in [6.07, 6.45) is 9.71. The Hall–Kier alpha value is -3.15. The van der Waals surface area contributed by atoms with Crippen molar-refractivity contribution in [3.05, 3.63) is 60.4 Å². The molecule has 1 fully saturated rings. The van der Waals surface area contributed by atoms with E-state index in [1.54, 1.807) is 0 Å². The van der Waals surface area contributed by atoms with Crippen LogP contribution >= 0.6 is 0 Å². The summed E-state index contributed by atoms with van der Waals surface area (Å²) < 4.78 is 2.29. The molecule has 6 nitrogen and oxygen atoms in total.